The van der Waals surface area contributed by atoms with E-state index in [0.717, 1.165) is 101 Å². The molecule has 2 N–H and O–H groups in total. The lowest BCUT2D eigenvalue weighted by Gasteiger charge is -2.29. The van der Waals surface area contributed by atoms with Crippen molar-refractivity contribution in [2.24, 2.45) is 0 Å². The van der Waals surface area contributed by atoms with Gasteiger partial charge in [-0.25, -0.2) is 0 Å². The van der Waals surface area contributed by atoms with Gasteiger partial charge in [-0.3, -0.25) is 0 Å². The smallest absolute Gasteiger partial charge is 0.283 e. The molecule has 288 valence electrons. The molecule has 18 heteroatoms. The molecule has 0 saturated carbocycles. The summed E-state index contributed by atoms with van der Waals surface area (Å²) in [6.07, 6.45) is 9.69. The number of likely N-dealkylation sites (tertiary alicyclic amines) is 1. The number of likely N-dealkylation sites (N-methyl/N-ethyl adjacent to an activating group) is 1. The van der Waals surface area contributed by atoms with Crippen molar-refractivity contribution in [3.05, 3.63) is 35.1 Å². The fraction of sp³-hybridized carbons (Fsp3) is 0.812. The second-order valence-electron chi connectivity index (χ2n) is 11.7. The standard InChI is InChI=1S/C10H17BN3O.C10H17N3O.C9H15N3O.CH4BO.2CH4.3H3P/c1-3-9-12-10(15-13-9)8-5-4-6-14(7-8)11-2;1-3-9-11-10(14-12-9)8-5-4-6-13(2)7-8;1-2-8-11-9(13-12-8)7-4-3-5-10-6-7;1-2-3;;;;;/h8H,3-7H2,1-2H3;8H,3-7H2,1-2H3;7,10H,2-6H2,1H3;3H,1H3;2*1H4;3*1H3. The first-order valence-corrected chi connectivity index (χ1v) is 16.8. The van der Waals surface area contributed by atoms with Gasteiger partial charge >= 0.3 is 0 Å². The number of nitrogens with one attached hydrogen (secondary N) is 1. The number of nitrogens with zero attached hydrogens (tertiary/aromatic N) is 8. The topological polar surface area (TPSA) is 155 Å². The van der Waals surface area contributed by atoms with Crippen molar-refractivity contribution in [3.63, 3.8) is 0 Å². The molecule has 6 unspecified atom stereocenters. The van der Waals surface area contributed by atoms with Gasteiger partial charge in [-0.05, 0) is 71.8 Å². The van der Waals surface area contributed by atoms with Gasteiger partial charge in [-0.2, -0.15) is 44.6 Å². The van der Waals surface area contributed by atoms with Gasteiger partial charge in [0.1, 0.15) is 0 Å². The van der Waals surface area contributed by atoms with Crippen LogP contribution >= 0.6 is 29.7 Å². The summed E-state index contributed by atoms with van der Waals surface area (Å²) >= 11 is 0. The summed E-state index contributed by atoms with van der Waals surface area (Å²) in [6, 6.07) is 0. The minimum atomic E-state index is 0. The fourth-order valence-corrected chi connectivity index (χ4v) is 5.60. The van der Waals surface area contributed by atoms with Gasteiger partial charge in [0, 0.05) is 32.4 Å². The van der Waals surface area contributed by atoms with Crippen LogP contribution in [0.5, 0.6) is 0 Å². The van der Waals surface area contributed by atoms with Crippen molar-refractivity contribution in [3.8, 4) is 0 Å². The molecule has 13 nitrogen and oxygen atoms in total. The van der Waals surface area contributed by atoms with Crippen LogP contribution in [0.4, 0.5) is 0 Å². The van der Waals surface area contributed by atoms with Crippen LogP contribution in [-0.2, 0) is 19.3 Å². The Morgan fingerprint density at radius 1 is 0.700 bits per heavy atom. The van der Waals surface area contributed by atoms with Crippen molar-refractivity contribution in [2.45, 2.75) is 125 Å². The van der Waals surface area contributed by atoms with Gasteiger partial charge in [0.05, 0.1) is 17.8 Å². The number of piperidine rings is 3. The number of aromatic nitrogens is 6. The predicted molar refractivity (Wildman–Crippen MR) is 221 cm³/mol. The van der Waals surface area contributed by atoms with Crippen molar-refractivity contribution in [2.75, 3.05) is 46.3 Å². The molecule has 3 aliphatic heterocycles. The van der Waals surface area contributed by atoms with Crippen molar-refractivity contribution in [1.29, 1.82) is 0 Å². The molecule has 6 rings (SSSR count). The molecule has 6 heterocycles. The lowest BCUT2D eigenvalue weighted by Crippen LogP contribution is -2.35. The maximum atomic E-state index is 7.44. The summed E-state index contributed by atoms with van der Waals surface area (Å²) in [6.45, 7) is 16.3. The summed E-state index contributed by atoms with van der Waals surface area (Å²) in [7, 11) is 5.28. The molecule has 0 bridgehead atoms. The zero-order valence-corrected chi connectivity index (χ0v) is 34.6. The van der Waals surface area contributed by atoms with E-state index >= 15 is 0 Å². The lowest BCUT2D eigenvalue weighted by atomic mass is 9.88. The molecule has 3 aromatic heterocycles. The number of aryl methyl sites for hydroxylation is 3. The molecule has 3 fully saturated rings. The molecular formula is C32H70B2N9O4P3. The van der Waals surface area contributed by atoms with E-state index in [1.165, 1.54) is 38.6 Å². The summed E-state index contributed by atoms with van der Waals surface area (Å²) in [5.74, 6) is 6.22. The zero-order valence-electron chi connectivity index (χ0n) is 30.4. The maximum absolute atomic E-state index is 7.44. The largest absolute Gasteiger partial charge is 0.455 e. The third kappa shape index (κ3) is 17.9. The first-order chi connectivity index (χ1) is 21.9. The van der Waals surface area contributed by atoms with Crippen LogP contribution in [0.1, 0.15) is 127 Å². The van der Waals surface area contributed by atoms with E-state index in [1.54, 1.807) is 6.82 Å². The Morgan fingerprint density at radius 2 is 1.12 bits per heavy atom. The van der Waals surface area contributed by atoms with E-state index in [2.05, 4.69) is 66.7 Å². The number of rotatable bonds is 7. The molecule has 3 aliphatic rings. The van der Waals surface area contributed by atoms with Gasteiger partial charge < -0.3 is 33.6 Å². The third-order valence-corrected chi connectivity index (χ3v) is 8.19. The molecular weight excluding hydrogens is 689 g/mol. The highest BCUT2D eigenvalue weighted by atomic mass is 31.0. The van der Waals surface area contributed by atoms with E-state index in [-0.39, 0.29) is 44.6 Å². The van der Waals surface area contributed by atoms with E-state index in [1.807, 2.05) is 20.8 Å². The summed E-state index contributed by atoms with van der Waals surface area (Å²) in [4.78, 5) is 17.8. The SMILES string of the molecule is C.C.CCc1noc(C2CCCN(C)C2)n1.CCc1noc(C2CCCNC2)n1.C[B]N1CCCC(c2nc(CC)no2)C1.C[B]O.P.P.P. The number of hydrogen-bond acceptors (Lipinski definition) is 13. The van der Waals surface area contributed by atoms with Gasteiger partial charge in [0.2, 0.25) is 25.1 Å². The molecule has 0 aliphatic carbocycles. The van der Waals surface area contributed by atoms with Crippen LogP contribution in [0.25, 0.3) is 0 Å². The van der Waals surface area contributed by atoms with Crippen LogP contribution in [-0.4, -0.2) is 106 Å². The van der Waals surface area contributed by atoms with Gasteiger partial charge in [-0.15, -0.1) is 0 Å². The second-order valence-corrected chi connectivity index (χ2v) is 11.7. The Balaban J connectivity index is -0.000000609. The highest BCUT2D eigenvalue weighted by molar-refractivity contribution is 6.92. The van der Waals surface area contributed by atoms with E-state index in [0.29, 0.717) is 17.8 Å². The Kier molecular flexibility index (Phi) is 32.0. The highest BCUT2D eigenvalue weighted by Gasteiger charge is 2.25. The summed E-state index contributed by atoms with van der Waals surface area (Å²) in [5, 5.41) is 22.5. The quantitative estimate of drug-likeness (QED) is 0.242. The molecule has 2 radical (unpaired) electrons. The number of hydrogen-bond donors (Lipinski definition) is 2. The van der Waals surface area contributed by atoms with Crippen molar-refractivity contribution < 1.29 is 18.6 Å². The van der Waals surface area contributed by atoms with Crippen LogP contribution < -0.4 is 5.32 Å². The molecule has 3 saturated heterocycles. The Hall–Kier alpha value is -1.32. The minimum absolute atomic E-state index is 0. The molecule has 6 atom stereocenters. The van der Waals surface area contributed by atoms with Gasteiger partial charge in [0.15, 0.2) is 17.5 Å². The maximum Gasteiger partial charge on any atom is 0.283 e. The monoisotopic (exact) mass is 759 g/mol. The Morgan fingerprint density at radius 3 is 1.50 bits per heavy atom. The second kappa shape index (κ2) is 30.2. The van der Waals surface area contributed by atoms with Crippen LogP contribution in [0.2, 0.25) is 13.6 Å². The van der Waals surface area contributed by atoms with Crippen LogP contribution in [0, 0.1) is 0 Å². The highest BCUT2D eigenvalue weighted by Crippen LogP contribution is 2.26. The summed E-state index contributed by atoms with van der Waals surface area (Å²) < 4.78 is 15.7. The predicted octanol–water partition coefficient (Wildman–Crippen LogP) is 5.11. The molecule has 0 amide bonds. The first-order valence-electron chi connectivity index (χ1n) is 16.8. The molecule has 0 spiro atoms. The Bertz CT molecular complexity index is 1210. The van der Waals surface area contributed by atoms with E-state index in [4.69, 9.17) is 18.6 Å². The molecule has 50 heavy (non-hydrogen) atoms. The molecule has 0 aromatic carbocycles. The lowest BCUT2D eigenvalue weighted by molar-refractivity contribution is 0.220. The van der Waals surface area contributed by atoms with Crippen LogP contribution in [0.15, 0.2) is 13.6 Å². The van der Waals surface area contributed by atoms with Crippen molar-refractivity contribution in [1.82, 2.24) is 45.4 Å². The molecule has 3 aromatic rings. The van der Waals surface area contributed by atoms with Gasteiger partial charge in [-0.1, -0.05) is 64.7 Å². The van der Waals surface area contributed by atoms with E-state index < -0.39 is 0 Å². The van der Waals surface area contributed by atoms with E-state index in [9.17, 15) is 0 Å². The third-order valence-electron chi connectivity index (χ3n) is 8.19. The van der Waals surface area contributed by atoms with Crippen LogP contribution in [0.3, 0.4) is 0 Å². The normalized spacial score (nSPS) is 19.9. The fourth-order valence-electron chi connectivity index (χ4n) is 5.60. The minimum Gasteiger partial charge on any atom is -0.455 e. The average Bonchev–Trinajstić information content (AvgIpc) is 3.88. The first kappa shape index (κ1) is 53.0. The zero-order chi connectivity index (χ0) is 32.4. The Labute approximate surface area is 314 Å². The van der Waals surface area contributed by atoms with Crippen molar-refractivity contribution >= 4 is 44.6 Å². The van der Waals surface area contributed by atoms with Gasteiger partial charge in [0.25, 0.3) is 7.48 Å². The summed E-state index contributed by atoms with van der Waals surface area (Å²) in [5.41, 5.74) is 0. The average molecular weight is 760 g/mol.